The molecule has 0 heterocycles. The fraction of sp³-hybridized carbons (Fsp3) is 0.385. The lowest BCUT2D eigenvalue weighted by Crippen LogP contribution is -2.31. The van der Waals surface area contributed by atoms with Crippen molar-refractivity contribution < 1.29 is 9.18 Å². The van der Waals surface area contributed by atoms with E-state index in [-0.39, 0.29) is 18.0 Å². The van der Waals surface area contributed by atoms with Crippen LogP contribution in [0.4, 0.5) is 10.1 Å². The first-order chi connectivity index (χ1) is 8.52. The van der Waals surface area contributed by atoms with Crippen LogP contribution in [0.25, 0.3) is 0 Å². The van der Waals surface area contributed by atoms with Gasteiger partial charge in [-0.3, -0.25) is 4.79 Å². The van der Waals surface area contributed by atoms with E-state index in [0.29, 0.717) is 11.3 Å². The lowest BCUT2D eigenvalue weighted by atomic mass is 10.1. The number of hydrogen-bond donors (Lipinski definition) is 2. The summed E-state index contributed by atoms with van der Waals surface area (Å²) in [5, 5.41) is 11.4. The van der Waals surface area contributed by atoms with Gasteiger partial charge in [0.1, 0.15) is 5.82 Å². The Morgan fingerprint density at radius 2 is 2.28 bits per heavy atom. The van der Waals surface area contributed by atoms with Crippen molar-refractivity contribution in [1.82, 2.24) is 0 Å². The molecule has 1 fully saturated rings. The van der Waals surface area contributed by atoms with Gasteiger partial charge in [0.25, 0.3) is 0 Å². The van der Waals surface area contributed by atoms with Gasteiger partial charge < -0.3 is 11.1 Å². The lowest BCUT2D eigenvalue weighted by molar-refractivity contribution is -0.120. The van der Waals surface area contributed by atoms with Crippen LogP contribution in [0.1, 0.15) is 24.0 Å². The van der Waals surface area contributed by atoms with Crippen LogP contribution in [0.5, 0.6) is 0 Å². The number of nitrogens with two attached hydrogens (primary N) is 1. The fourth-order valence-electron chi connectivity index (χ4n) is 1.80. The molecule has 0 spiro atoms. The van der Waals surface area contributed by atoms with E-state index in [1.54, 1.807) is 6.92 Å². The third-order valence-corrected chi connectivity index (χ3v) is 3.45. The molecule has 5 heteroatoms. The normalized spacial score (nSPS) is 15.9. The lowest BCUT2D eigenvalue weighted by Gasteiger charge is -2.15. The standard InChI is InChI=1S/C13H14FN3O/c1-8-10(14)4-9(6-15)5-11(8)17-12(18)13(7-16)2-3-13/h4-5H,2-3,7,16H2,1H3,(H,17,18). The first kappa shape index (κ1) is 12.5. The highest BCUT2D eigenvalue weighted by Crippen LogP contribution is 2.45. The maximum Gasteiger partial charge on any atom is 0.231 e. The van der Waals surface area contributed by atoms with Gasteiger partial charge in [-0.25, -0.2) is 4.39 Å². The number of benzene rings is 1. The van der Waals surface area contributed by atoms with E-state index in [1.165, 1.54) is 6.07 Å². The molecule has 3 N–H and O–H groups in total. The van der Waals surface area contributed by atoms with Crippen LogP contribution in [0.2, 0.25) is 0 Å². The summed E-state index contributed by atoms with van der Waals surface area (Å²) in [5.74, 6) is -0.690. The Balaban J connectivity index is 2.27. The Bertz CT molecular complexity index is 544. The molecule has 1 aromatic rings. The van der Waals surface area contributed by atoms with Gasteiger partial charge in [0.2, 0.25) is 5.91 Å². The molecule has 0 radical (unpaired) electrons. The van der Waals surface area contributed by atoms with Crippen molar-refractivity contribution in [2.24, 2.45) is 11.1 Å². The smallest absolute Gasteiger partial charge is 0.231 e. The molecule has 1 saturated carbocycles. The molecule has 4 nitrogen and oxygen atoms in total. The summed E-state index contributed by atoms with van der Waals surface area (Å²) in [7, 11) is 0. The molecular weight excluding hydrogens is 233 g/mol. The Hall–Kier alpha value is -1.93. The number of nitrogens with zero attached hydrogens (tertiary/aromatic N) is 1. The van der Waals surface area contributed by atoms with E-state index in [4.69, 9.17) is 11.0 Å². The van der Waals surface area contributed by atoms with Crippen molar-refractivity contribution in [3.63, 3.8) is 0 Å². The quantitative estimate of drug-likeness (QED) is 0.853. The van der Waals surface area contributed by atoms with E-state index in [1.807, 2.05) is 6.07 Å². The van der Waals surface area contributed by atoms with Crippen molar-refractivity contribution in [3.05, 3.63) is 29.1 Å². The van der Waals surface area contributed by atoms with Crippen molar-refractivity contribution in [3.8, 4) is 6.07 Å². The maximum absolute atomic E-state index is 13.5. The SMILES string of the molecule is Cc1c(F)cc(C#N)cc1NC(=O)C1(CN)CC1. The maximum atomic E-state index is 13.5. The first-order valence-electron chi connectivity index (χ1n) is 5.74. The Labute approximate surface area is 105 Å². The number of nitrogens with one attached hydrogen (secondary N) is 1. The molecular formula is C13H14FN3O. The van der Waals surface area contributed by atoms with Gasteiger partial charge in [0.05, 0.1) is 17.0 Å². The third kappa shape index (κ3) is 2.07. The van der Waals surface area contributed by atoms with Crippen molar-refractivity contribution in [2.75, 3.05) is 11.9 Å². The van der Waals surface area contributed by atoms with Crippen LogP contribution in [-0.2, 0) is 4.79 Å². The van der Waals surface area contributed by atoms with Gasteiger partial charge in [-0.05, 0) is 31.9 Å². The van der Waals surface area contributed by atoms with Crippen LogP contribution < -0.4 is 11.1 Å². The van der Waals surface area contributed by atoms with Crippen LogP contribution in [0, 0.1) is 29.5 Å². The van der Waals surface area contributed by atoms with Crippen LogP contribution in [0.15, 0.2) is 12.1 Å². The molecule has 0 atom stereocenters. The number of hydrogen-bond acceptors (Lipinski definition) is 3. The largest absolute Gasteiger partial charge is 0.329 e. The van der Waals surface area contributed by atoms with Gasteiger partial charge in [-0.1, -0.05) is 0 Å². The summed E-state index contributed by atoms with van der Waals surface area (Å²) >= 11 is 0. The number of halogens is 1. The van der Waals surface area contributed by atoms with Gasteiger partial charge in [-0.15, -0.1) is 0 Å². The summed E-state index contributed by atoms with van der Waals surface area (Å²) < 4.78 is 13.5. The highest BCUT2D eigenvalue weighted by Gasteiger charge is 2.48. The second-order valence-corrected chi connectivity index (χ2v) is 4.68. The minimum atomic E-state index is -0.498. The molecule has 0 aromatic heterocycles. The van der Waals surface area contributed by atoms with E-state index in [0.717, 1.165) is 18.9 Å². The monoisotopic (exact) mass is 247 g/mol. The molecule has 2 rings (SSSR count). The number of carbonyl (C=O) groups excluding carboxylic acids is 1. The number of nitriles is 1. The van der Waals surface area contributed by atoms with E-state index in [9.17, 15) is 9.18 Å². The molecule has 0 bridgehead atoms. The zero-order chi connectivity index (χ0) is 13.3. The summed E-state index contributed by atoms with van der Waals surface area (Å²) in [5.41, 5.74) is 5.92. The van der Waals surface area contributed by atoms with E-state index >= 15 is 0 Å². The summed E-state index contributed by atoms with van der Waals surface area (Å²) in [6.07, 6.45) is 1.52. The van der Waals surface area contributed by atoms with E-state index in [2.05, 4.69) is 5.32 Å². The minimum Gasteiger partial charge on any atom is -0.329 e. The zero-order valence-corrected chi connectivity index (χ0v) is 10.1. The van der Waals surface area contributed by atoms with Gasteiger partial charge >= 0.3 is 0 Å². The molecule has 94 valence electrons. The third-order valence-electron chi connectivity index (χ3n) is 3.45. The number of amides is 1. The van der Waals surface area contributed by atoms with Crippen molar-refractivity contribution in [2.45, 2.75) is 19.8 Å². The Morgan fingerprint density at radius 3 is 2.78 bits per heavy atom. The summed E-state index contributed by atoms with van der Waals surface area (Å²) in [6.45, 7) is 1.85. The topological polar surface area (TPSA) is 78.9 Å². The second kappa shape index (κ2) is 4.39. The van der Waals surface area contributed by atoms with Crippen LogP contribution in [-0.4, -0.2) is 12.5 Å². The van der Waals surface area contributed by atoms with E-state index < -0.39 is 11.2 Å². The predicted octanol–water partition coefficient (Wildman–Crippen LogP) is 1.68. The Kier molecular flexibility index (Phi) is 3.05. The minimum absolute atomic E-state index is 0.186. The van der Waals surface area contributed by atoms with Crippen LogP contribution >= 0.6 is 0 Å². The Morgan fingerprint density at radius 1 is 1.61 bits per heavy atom. The highest BCUT2D eigenvalue weighted by molar-refractivity contribution is 5.98. The molecule has 1 aromatic carbocycles. The highest BCUT2D eigenvalue weighted by atomic mass is 19.1. The zero-order valence-electron chi connectivity index (χ0n) is 10.1. The van der Waals surface area contributed by atoms with Crippen molar-refractivity contribution in [1.29, 1.82) is 5.26 Å². The summed E-state index contributed by atoms with van der Waals surface area (Å²) in [6, 6.07) is 4.49. The van der Waals surface area contributed by atoms with Gasteiger partial charge in [0.15, 0.2) is 0 Å². The predicted molar refractivity (Wildman–Crippen MR) is 65.2 cm³/mol. The fourth-order valence-corrected chi connectivity index (χ4v) is 1.80. The van der Waals surface area contributed by atoms with Crippen molar-refractivity contribution >= 4 is 11.6 Å². The van der Waals surface area contributed by atoms with Gasteiger partial charge in [-0.2, -0.15) is 5.26 Å². The molecule has 1 aliphatic rings. The molecule has 1 amide bonds. The molecule has 1 aliphatic carbocycles. The van der Waals surface area contributed by atoms with Crippen LogP contribution in [0.3, 0.4) is 0 Å². The molecule has 0 saturated heterocycles. The number of rotatable bonds is 3. The average molecular weight is 247 g/mol. The number of anilines is 1. The summed E-state index contributed by atoms with van der Waals surface area (Å²) in [4.78, 5) is 12.0. The molecule has 0 aliphatic heterocycles. The molecule has 0 unspecified atom stereocenters. The second-order valence-electron chi connectivity index (χ2n) is 4.68. The number of carbonyl (C=O) groups is 1. The van der Waals surface area contributed by atoms with Gasteiger partial charge in [0, 0.05) is 17.8 Å². The molecule has 18 heavy (non-hydrogen) atoms. The first-order valence-corrected chi connectivity index (χ1v) is 5.74. The average Bonchev–Trinajstić information content (AvgIpc) is 3.15.